The van der Waals surface area contributed by atoms with Gasteiger partial charge >= 0.3 is 0 Å². The van der Waals surface area contributed by atoms with Crippen molar-refractivity contribution in [3.05, 3.63) is 41.8 Å². The zero-order valence-corrected chi connectivity index (χ0v) is 17.1. The summed E-state index contributed by atoms with van der Waals surface area (Å²) < 4.78 is 32.7. The van der Waals surface area contributed by atoms with Crippen LogP contribution in [-0.4, -0.2) is 37.8 Å². The topological polar surface area (TPSA) is 75.7 Å². The quantitative estimate of drug-likeness (QED) is 0.793. The third-order valence-corrected chi connectivity index (χ3v) is 7.58. The van der Waals surface area contributed by atoms with Gasteiger partial charge in [-0.25, -0.2) is 8.42 Å². The van der Waals surface area contributed by atoms with Gasteiger partial charge in [0.05, 0.1) is 12.0 Å². The van der Waals surface area contributed by atoms with Crippen LogP contribution < -0.4 is 10.1 Å². The summed E-state index contributed by atoms with van der Waals surface area (Å²) in [5, 5.41) is 4.63. The Labute approximate surface area is 164 Å². The number of nitrogens with one attached hydrogen (secondary N) is 1. The van der Waals surface area contributed by atoms with Gasteiger partial charge in [0.15, 0.2) is 0 Å². The summed E-state index contributed by atoms with van der Waals surface area (Å²) in [7, 11) is -3.52. The van der Waals surface area contributed by atoms with Crippen molar-refractivity contribution in [3.63, 3.8) is 0 Å². The van der Waals surface area contributed by atoms with Gasteiger partial charge in [-0.1, -0.05) is 6.07 Å². The molecule has 1 N–H and O–H groups in total. The summed E-state index contributed by atoms with van der Waals surface area (Å²) in [6.45, 7) is 4.56. The smallest absolute Gasteiger partial charge is 0.252 e. The van der Waals surface area contributed by atoms with Crippen LogP contribution in [0.2, 0.25) is 0 Å². The lowest BCUT2D eigenvalue weighted by molar-refractivity contribution is -0.120. The SMILES string of the molecule is CC(C)Oc1ccc(NC(=O)C2CCCN(S(=O)(=O)c3cccs3)C2)cc1. The number of benzene rings is 1. The fraction of sp³-hybridized carbons (Fsp3) is 0.421. The van der Waals surface area contributed by atoms with Crippen LogP contribution in [-0.2, 0) is 14.8 Å². The first-order chi connectivity index (χ1) is 12.9. The second-order valence-electron chi connectivity index (χ2n) is 6.81. The normalized spacial score (nSPS) is 18.4. The molecule has 1 aromatic heterocycles. The Morgan fingerprint density at radius 3 is 2.63 bits per heavy atom. The van der Waals surface area contributed by atoms with Crippen molar-refractivity contribution in [2.75, 3.05) is 18.4 Å². The number of carbonyl (C=O) groups excluding carboxylic acids is 1. The summed E-state index contributed by atoms with van der Waals surface area (Å²) in [5.74, 6) is 0.229. The van der Waals surface area contributed by atoms with Gasteiger partial charge in [0, 0.05) is 18.8 Å². The van der Waals surface area contributed by atoms with Crippen LogP contribution in [0.3, 0.4) is 0 Å². The van der Waals surface area contributed by atoms with Gasteiger partial charge < -0.3 is 10.1 Å². The lowest BCUT2D eigenvalue weighted by atomic mass is 9.99. The molecule has 27 heavy (non-hydrogen) atoms. The van der Waals surface area contributed by atoms with E-state index in [0.717, 1.165) is 5.75 Å². The molecule has 1 atom stereocenters. The molecule has 2 aromatic rings. The molecule has 0 aliphatic carbocycles. The summed E-state index contributed by atoms with van der Waals surface area (Å²) in [6.07, 6.45) is 1.43. The third-order valence-electron chi connectivity index (χ3n) is 4.34. The minimum Gasteiger partial charge on any atom is -0.491 e. The number of hydrogen-bond acceptors (Lipinski definition) is 5. The average molecular weight is 409 g/mol. The number of rotatable bonds is 6. The molecule has 0 bridgehead atoms. The first kappa shape index (κ1) is 19.9. The molecule has 3 rings (SSSR count). The molecular weight excluding hydrogens is 384 g/mol. The molecule has 0 saturated carbocycles. The molecule has 1 amide bonds. The Hall–Kier alpha value is -1.90. The minimum atomic E-state index is -3.52. The number of nitrogens with zero attached hydrogens (tertiary/aromatic N) is 1. The predicted molar refractivity (Wildman–Crippen MR) is 107 cm³/mol. The second kappa shape index (κ2) is 8.41. The highest BCUT2D eigenvalue weighted by atomic mass is 32.2. The molecule has 8 heteroatoms. The number of hydrogen-bond donors (Lipinski definition) is 1. The predicted octanol–water partition coefficient (Wildman–Crippen LogP) is 3.57. The van der Waals surface area contributed by atoms with Crippen molar-refractivity contribution in [1.82, 2.24) is 4.31 Å². The van der Waals surface area contributed by atoms with E-state index in [9.17, 15) is 13.2 Å². The average Bonchev–Trinajstić information content (AvgIpc) is 3.18. The number of ether oxygens (including phenoxy) is 1. The van der Waals surface area contributed by atoms with E-state index in [-0.39, 0.29) is 24.5 Å². The highest BCUT2D eigenvalue weighted by Crippen LogP contribution is 2.27. The molecule has 1 aromatic carbocycles. The first-order valence-corrected chi connectivity index (χ1v) is 11.3. The van der Waals surface area contributed by atoms with E-state index in [2.05, 4.69) is 5.32 Å². The molecule has 0 spiro atoms. The minimum absolute atomic E-state index is 0.0870. The van der Waals surface area contributed by atoms with Crippen molar-refractivity contribution in [1.29, 1.82) is 0 Å². The zero-order valence-electron chi connectivity index (χ0n) is 15.4. The van der Waals surface area contributed by atoms with Crippen LogP contribution in [0, 0.1) is 5.92 Å². The Morgan fingerprint density at radius 2 is 2.00 bits per heavy atom. The van der Waals surface area contributed by atoms with Gasteiger partial charge in [-0.05, 0) is 62.4 Å². The summed E-state index contributed by atoms with van der Waals surface area (Å²) in [5.41, 5.74) is 0.675. The standard InChI is InChI=1S/C19H24N2O4S2/c1-14(2)25-17-9-7-16(8-10-17)20-19(22)15-5-3-11-21(13-15)27(23,24)18-6-4-12-26-18/h4,6-10,12,14-15H,3,5,11,13H2,1-2H3,(H,20,22). The van der Waals surface area contributed by atoms with Gasteiger partial charge in [-0.15, -0.1) is 11.3 Å². The molecule has 2 heterocycles. The van der Waals surface area contributed by atoms with E-state index in [1.54, 1.807) is 29.6 Å². The first-order valence-electron chi connectivity index (χ1n) is 8.97. The molecule has 1 aliphatic heterocycles. The Balaban J connectivity index is 1.63. The number of piperidine rings is 1. The van der Waals surface area contributed by atoms with Crippen LogP contribution in [0.4, 0.5) is 5.69 Å². The van der Waals surface area contributed by atoms with E-state index >= 15 is 0 Å². The van der Waals surface area contributed by atoms with Gasteiger partial charge in [-0.3, -0.25) is 4.79 Å². The van der Waals surface area contributed by atoms with Crippen molar-refractivity contribution in [2.24, 2.45) is 5.92 Å². The van der Waals surface area contributed by atoms with Crippen molar-refractivity contribution in [3.8, 4) is 5.75 Å². The fourth-order valence-corrected chi connectivity index (χ4v) is 5.71. The summed E-state index contributed by atoms with van der Waals surface area (Å²) in [4.78, 5) is 12.6. The number of anilines is 1. The maximum Gasteiger partial charge on any atom is 0.252 e. The van der Waals surface area contributed by atoms with Gasteiger partial charge in [0.25, 0.3) is 10.0 Å². The zero-order chi connectivity index (χ0) is 19.4. The molecule has 0 radical (unpaired) electrons. The van der Waals surface area contributed by atoms with E-state index < -0.39 is 10.0 Å². The Kier molecular flexibility index (Phi) is 6.18. The number of carbonyl (C=O) groups is 1. The maximum absolute atomic E-state index is 12.7. The largest absolute Gasteiger partial charge is 0.491 e. The van der Waals surface area contributed by atoms with Crippen molar-refractivity contribution in [2.45, 2.75) is 37.0 Å². The van der Waals surface area contributed by atoms with Crippen molar-refractivity contribution < 1.29 is 17.9 Å². The molecule has 146 valence electrons. The van der Waals surface area contributed by atoms with E-state index in [4.69, 9.17) is 4.74 Å². The van der Waals surface area contributed by atoms with Crippen LogP contribution in [0.1, 0.15) is 26.7 Å². The molecule has 1 unspecified atom stereocenters. The van der Waals surface area contributed by atoms with E-state index in [1.165, 1.54) is 15.6 Å². The molecule has 1 saturated heterocycles. The van der Waals surface area contributed by atoms with E-state index in [0.29, 0.717) is 29.3 Å². The van der Waals surface area contributed by atoms with Crippen LogP contribution in [0.25, 0.3) is 0 Å². The number of amides is 1. The monoisotopic (exact) mass is 408 g/mol. The molecule has 1 fully saturated rings. The second-order valence-corrected chi connectivity index (χ2v) is 9.93. The molecule has 1 aliphatic rings. The maximum atomic E-state index is 12.7. The van der Waals surface area contributed by atoms with Crippen LogP contribution in [0.15, 0.2) is 46.0 Å². The van der Waals surface area contributed by atoms with Gasteiger partial charge in [-0.2, -0.15) is 4.31 Å². The number of sulfonamides is 1. The lowest BCUT2D eigenvalue weighted by Crippen LogP contribution is -2.43. The fourth-order valence-electron chi connectivity index (χ4n) is 3.05. The van der Waals surface area contributed by atoms with Crippen molar-refractivity contribution >= 4 is 33.0 Å². The van der Waals surface area contributed by atoms with Gasteiger partial charge in [0.1, 0.15) is 9.96 Å². The van der Waals surface area contributed by atoms with Crippen LogP contribution in [0.5, 0.6) is 5.75 Å². The van der Waals surface area contributed by atoms with E-state index in [1.807, 2.05) is 26.0 Å². The third kappa shape index (κ3) is 4.88. The lowest BCUT2D eigenvalue weighted by Gasteiger charge is -2.30. The molecule has 6 nitrogen and oxygen atoms in total. The number of thiophene rings is 1. The summed E-state index contributed by atoms with van der Waals surface area (Å²) in [6, 6.07) is 10.5. The highest BCUT2D eigenvalue weighted by Gasteiger charge is 2.33. The summed E-state index contributed by atoms with van der Waals surface area (Å²) >= 11 is 1.20. The molecular formula is C19H24N2O4S2. The Bertz CT molecular complexity index is 862. The van der Waals surface area contributed by atoms with Gasteiger partial charge in [0.2, 0.25) is 5.91 Å². The van der Waals surface area contributed by atoms with Crippen LogP contribution >= 0.6 is 11.3 Å². The Morgan fingerprint density at radius 1 is 1.26 bits per heavy atom. The highest BCUT2D eigenvalue weighted by molar-refractivity contribution is 7.91.